The van der Waals surface area contributed by atoms with Gasteiger partial charge in [-0.1, -0.05) is 0 Å². The zero-order valence-electron chi connectivity index (χ0n) is 6.54. The largest absolute Gasteiger partial charge is 0.316 e. The van der Waals surface area contributed by atoms with E-state index in [1.807, 2.05) is 0 Å². The van der Waals surface area contributed by atoms with Crippen molar-refractivity contribution in [2.45, 2.75) is 6.42 Å². The third-order valence-electron chi connectivity index (χ3n) is 1.69. The highest BCUT2D eigenvalue weighted by molar-refractivity contribution is 7.85. The van der Waals surface area contributed by atoms with E-state index in [0.29, 0.717) is 12.5 Å². The Balaban J connectivity index is 2.04. The predicted octanol–water partition coefficient (Wildman–Crippen LogP) is -0.428. The van der Waals surface area contributed by atoms with Crippen LogP contribution in [-0.4, -0.2) is 34.4 Å². The molecule has 1 aliphatic heterocycles. The summed E-state index contributed by atoms with van der Waals surface area (Å²) < 4.78 is 25.5. The molecule has 1 N–H and O–H groups in total. The average Bonchev–Trinajstić information content (AvgIpc) is 1.73. The first-order chi connectivity index (χ1) is 5.08. The minimum absolute atomic E-state index is 0.325. The summed E-state index contributed by atoms with van der Waals surface area (Å²) in [6.07, 6.45) is 1.91. The van der Waals surface area contributed by atoms with Gasteiger partial charge in [-0.15, -0.1) is 0 Å². The molecule has 0 aromatic heterocycles. The Labute approximate surface area is 67.1 Å². The molecule has 1 fully saturated rings. The summed E-state index contributed by atoms with van der Waals surface area (Å²) in [5, 5.41) is 3.10. The van der Waals surface area contributed by atoms with Crippen molar-refractivity contribution in [3.8, 4) is 0 Å². The quantitative estimate of drug-likeness (QED) is 0.595. The maximum Gasteiger partial charge on any atom is 0.264 e. The zero-order chi connectivity index (χ0) is 8.32. The first-order valence-corrected chi connectivity index (χ1v) is 5.45. The van der Waals surface area contributed by atoms with E-state index >= 15 is 0 Å². The van der Waals surface area contributed by atoms with Crippen LogP contribution >= 0.6 is 0 Å². The molecular weight excluding hydrogens is 166 g/mol. The van der Waals surface area contributed by atoms with Crippen molar-refractivity contribution in [1.82, 2.24) is 5.32 Å². The minimum atomic E-state index is -3.22. The molecule has 0 bridgehead atoms. The van der Waals surface area contributed by atoms with Crippen LogP contribution in [0.15, 0.2) is 0 Å². The highest BCUT2D eigenvalue weighted by atomic mass is 32.2. The van der Waals surface area contributed by atoms with E-state index in [1.54, 1.807) is 0 Å². The van der Waals surface area contributed by atoms with E-state index in [9.17, 15) is 8.42 Å². The summed E-state index contributed by atoms with van der Waals surface area (Å²) in [5.41, 5.74) is 0. The third-order valence-corrected chi connectivity index (χ3v) is 2.28. The number of nitrogens with one attached hydrogen (secondary N) is 1. The minimum Gasteiger partial charge on any atom is -0.316 e. The molecule has 0 radical (unpaired) electrons. The highest BCUT2D eigenvalue weighted by Gasteiger charge is 2.16. The van der Waals surface area contributed by atoms with Crippen molar-refractivity contribution >= 4 is 10.1 Å². The molecule has 1 rings (SSSR count). The number of hydrogen-bond acceptors (Lipinski definition) is 4. The molecular formula is C6H13NO3S. The molecule has 1 saturated heterocycles. The molecule has 1 heterocycles. The molecule has 0 atom stereocenters. The van der Waals surface area contributed by atoms with Crippen molar-refractivity contribution in [2.24, 2.45) is 5.92 Å². The second-order valence-electron chi connectivity index (χ2n) is 2.84. The molecule has 0 amide bonds. The lowest BCUT2D eigenvalue weighted by molar-refractivity contribution is 0.243. The monoisotopic (exact) mass is 179 g/mol. The second kappa shape index (κ2) is 3.51. The van der Waals surface area contributed by atoms with E-state index in [-0.39, 0.29) is 0 Å². The van der Waals surface area contributed by atoms with Crippen molar-refractivity contribution in [3.05, 3.63) is 0 Å². The Hall–Kier alpha value is -0.130. The summed E-state index contributed by atoms with van der Waals surface area (Å²) in [6, 6.07) is 0. The smallest absolute Gasteiger partial charge is 0.264 e. The van der Waals surface area contributed by atoms with Crippen LogP contribution in [-0.2, 0) is 14.3 Å². The van der Waals surface area contributed by atoms with Crippen molar-refractivity contribution < 1.29 is 12.6 Å². The second-order valence-corrected chi connectivity index (χ2v) is 4.48. The van der Waals surface area contributed by atoms with Gasteiger partial charge in [0.05, 0.1) is 12.9 Å². The van der Waals surface area contributed by atoms with E-state index in [0.717, 1.165) is 25.8 Å². The fourth-order valence-electron chi connectivity index (χ4n) is 0.919. The summed E-state index contributed by atoms with van der Waals surface area (Å²) in [5.74, 6) is 0.608. The maximum absolute atomic E-state index is 10.5. The normalized spacial score (nSPS) is 19.7. The lowest BCUT2D eigenvalue weighted by Crippen LogP contribution is -2.42. The van der Waals surface area contributed by atoms with Crippen molar-refractivity contribution in [3.63, 3.8) is 0 Å². The Morgan fingerprint density at radius 1 is 1.55 bits per heavy atom. The van der Waals surface area contributed by atoms with Crippen LogP contribution in [0.2, 0.25) is 0 Å². The lowest BCUT2D eigenvalue weighted by atomic mass is 10.0. The maximum atomic E-state index is 10.5. The van der Waals surface area contributed by atoms with E-state index in [2.05, 4.69) is 9.50 Å². The molecule has 0 spiro atoms. The van der Waals surface area contributed by atoms with Gasteiger partial charge in [-0.3, -0.25) is 4.18 Å². The fourth-order valence-corrected chi connectivity index (χ4v) is 1.32. The molecule has 66 valence electrons. The topological polar surface area (TPSA) is 55.4 Å². The van der Waals surface area contributed by atoms with Crippen LogP contribution in [0, 0.1) is 5.92 Å². The molecule has 0 aromatic carbocycles. The summed E-state index contributed by atoms with van der Waals surface area (Å²) in [7, 11) is -3.22. The number of hydrogen-bond donors (Lipinski definition) is 1. The third kappa shape index (κ3) is 3.69. The molecule has 5 heteroatoms. The predicted molar refractivity (Wildman–Crippen MR) is 41.8 cm³/mol. The molecule has 0 saturated carbocycles. The lowest BCUT2D eigenvalue weighted by Gasteiger charge is -2.26. The van der Waals surface area contributed by atoms with Crippen LogP contribution in [0.5, 0.6) is 0 Å². The van der Waals surface area contributed by atoms with Gasteiger partial charge in [-0.25, -0.2) is 0 Å². The standard InChI is InChI=1S/C6H13NO3S/c1-11(8,9)10-3-2-6-4-7-5-6/h6-7H,2-5H2,1H3. The van der Waals surface area contributed by atoms with Gasteiger partial charge in [-0.05, 0) is 25.4 Å². The van der Waals surface area contributed by atoms with Crippen LogP contribution < -0.4 is 5.32 Å². The molecule has 0 aliphatic carbocycles. The average molecular weight is 179 g/mol. The van der Waals surface area contributed by atoms with Crippen LogP contribution in [0.1, 0.15) is 6.42 Å². The van der Waals surface area contributed by atoms with Gasteiger partial charge in [0, 0.05) is 0 Å². The van der Waals surface area contributed by atoms with Crippen LogP contribution in [0.4, 0.5) is 0 Å². The van der Waals surface area contributed by atoms with Crippen molar-refractivity contribution in [2.75, 3.05) is 26.0 Å². The van der Waals surface area contributed by atoms with E-state index < -0.39 is 10.1 Å². The van der Waals surface area contributed by atoms with E-state index in [1.165, 1.54) is 0 Å². The summed E-state index contributed by atoms with van der Waals surface area (Å²) >= 11 is 0. The first kappa shape index (κ1) is 8.96. The van der Waals surface area contributed by atoms with Crippen molar-refractivity contribution in [1.29, 1.82) is 0 Å². The van der Waals surface area contributed by atoms with Gasteiger partial charge in [0.2, 0.25) is 0 Å². The van der Waals surface area contributed by atoms with Gasteiger partial charge in [0.15, 0.2) is 0 Å². The Kier molecular flexibility index (Phi) is 2.86. The molecule has 1 aliphatic rings. The van der Waals surface area contributed by atoms with Gasteiger partial charge in [0.1, 0.15) is 0 Å². The van der Waals surface area contributed by atoms with Gasteiger partial charge in [0.25, 0.3) is 10.1 Å². The van der Waals surface area contributed by atoms with Gasteiger partial charge < -0.3 is 5.32 Å². The van der Waals surface area contributed by atoms with Gasteiger partial charge in [-0.2, -0.15) is 8.42 Å². The first-order valence-electron chi connectivity index (χ1n) is 3.63. The zero-order valence-corrected chi connectivity index (χ0v) is 7.36. The molecule has 11 heavy (non-hydrogen) atoms. The number of rotatable bonds is 4. The van der Waals surface area contributed by atoms with Crippen LogP contribution in [0.25, 0.3) is 0 Å². The fraction of sp³-hybridized carbons (Fsp3) is 1.00. The van der Waals surface area contributed by atoms with E-state index in [4.69, 9.17) is 0 Å². The molecule has 0 aromatic rings. The Bertz CT molecular complexity index is 208. The Morgan fingerprint density at radius 2 is 2.18 bits per heavy atom. The van der Waals surface area contributed by atoms with Gasteiger partial charge >= 0.3 is 0 Å². The Morgan fingerprint density at radius 3 is 2.55 bits per heavy atom. The highest BCUT2D eigenvalue weighted by Crippen LogP contribution is 2.08. The van der Waals surface area contributed by atoms with Crippen LogP contribution in [0.3, 0.4) is 0 Å². The SMILES string of the molecule is CS(=O)(=O)OCCC1CNC1. The molecule has 4 nitrogen and oxygen atoms in total. The molecule has 0 unspecified atom stereocenters. The summed E-state index contributed by atoms with van der Waals surface area (Å²) in [6.45, 7) is 2.31. The summed E-state index contributed by atoms with van der Waals surface area (Å²) in [4.78, 5) is 0.